The topological polar surface area (TPSA) is 83.9 Å². The molecule has 0 saturated carbocycles. The number of rotatable bonds is 3. The summed E-state index contributed by atoms with van der Waals surface area (Å²) >= 11 is 0. The molecule has 1 aromatic rings. The predicted molar refractivity (Wildman–Crippen MR) is 69.6 cm³/mol. The molecule has 0 aromatic heterocycles. The number of carbonyl (C=O) groups is 1. The van der Waals surface area contributed by atoms with Crippen LogP contribution in [-0.2, 0) is 19.6 Å². The van der Waals surface area contributed by atoms with E-state index in [1.807, 2.05) is 0 Å². The summed E-state index contributed by atoms with van der Waals surface area (Å²) in [6.07, 6.45) is 0.237. The van der Waals surface area contributed by atoms with Gasteiger partial charge in [-0.25, -0.2) is 12.8 Å². The van der Waals surface area contributed by atoms with Crippen molar-refractivity contribution in [2.75, 3.05) is 13.2 Å². The highest BCUT2D eigenvalue weighted by Crippen LogP contribution is 2.38. The van der Waals surface area contributed by atoms with Crippen molar-refractivity contribution >= 4 is 16.0 Å². The lowest BCUT2D eigenvalue weighted by Crippen LogP contribution is -2.46. The smallest absolute Gasteiger partial charge is 0.322 e. The Morgan fingerprint density at radius 3 is 2.57 bits per heavy atom. The zero-order valence-corrected chi connectivity index (χ0v) is 11.8. The van der Waals surface area contributed by atoms with Crippen molar-refractivity contribution < 1.29 is 27.4 Å². The summed E-state index contributed by atoms with van der Waals surface area (Å²) in [4.78, 5) is 11.3. The fourth-order valence-corrected chi connectivity index (χ4v) is 4.82. The Labute approximate surface area is 121 Å². The third-order valence-electron chi connectivity index (χ3n) is 4.00. The molecule has 0 unspecified atom stereocenters. The normalized spacial score (nSPS) is 29.5. The number of hydrogen-bond donors (Lipinski definition) is 1. The zero-order valence-electron chi connectivity index (χ0n) is 11.0. The Bertz CT molecular complexity index is 660. The van der Waals surface area contributed by atoms with E-state index in [1.54, 1.807) is 0 Å². The minimum atomic E-state index is -4.00. The van der Waals surface area contributed by atoms with Crippen LogP contribution in [0.15, 0.2) is 29.2 Å². The van der Waals surface area contributed by atoms with Crippen LogP contribution in [0.3, 0.4) is 0 Å². The molecule has 2 saturated heterocycles. The molecule has 2 aliphatic rings. The van der Waals surface area contributed by atoms with Gasteiger partial charge in [0.15, 0.2) is 0 Å². The average molecular weight is 315 g/mol. The first-order chi connectivity index (χ1) is 9.91. The van der Waals surface area contributed by atoms with Gasteiger partial charge in [-0.15, -0.1) is 0 Å². The molecule has 6 nitrogen and oxygen atoms in total. The summed E-state index contributed by atoms with van der Waals surface area (Å²) < 4.78 is 44.6. The largest absolute Gasteiger partial charge is 0.480 e. The van der Waals surface area contributed by atoms with Gasteiger partial charge in [-0.3, -0.25) is 4.79 Å². The lowest BCUT2D eigenvalue weighted by molar-refractivity contribution is -0.141. The van der Waals surface area contributed by atoms with Crippen molar-refractivity contribution in [2.45, 2.75) is 23.4 Å². The van der Waals surface area contributed by atoms with E-state index in [-0.39, 0.29) is 23.8 Å². The summed E-state index contributed by atoms with van der Waals surface area (Å²) in [7, 11) is -4.00. The van der Waals surface area contributed by atoms with Gasteiger partial charge >= 0.3 is 5.97 Å². The number of sulfonamides is 1. The first-order valence-corrected chi connectivity index (χ1v) is 7.95. The van der Waals surface area contributed by atoms with Crippen molar-refractivity contribution in [3.8, 4) is 0 Å². The number of nitrogens with zero attached hydrogens (tertiary/aromatic N) is 1. The van der Waals surface area contributed by atoms with E-state index in [4.69, 9.17) is 4.74 Å². The van der Waals surface area contributed by atoms with Crippen LogP contribution in [0, 0.1) is 11.7 Å². The van der Waals surface area contributed by atoms with Gasteiger partial charge in [-0.2, -0.15) is 4.31 Å². The Morgan fingerprint density at radius 1 is 1.29 bits per heavy atom. The van der Waals surface area contributed by atoms with E-state index in [2.05, 4.69) is 0 Å². The molecule has 0 spiro atoms. The number of halogens is 1. The summed E-state index contributed by atoms with van der Waals surface area (Å²) in [5.41, 5.74) is 0. The molecule has 3 rings (SSSR count). The zero-order chi connectivity index (χ0) is 15.2. The predicted octanol–water partition coefficient (Wildman–Crippen LogP) is 0.688. The summed E-state index contributed by atoms with van der Waals surface area (Å²) in [5.74, 6) is -1.83. The van der Waals surface area contributed by atoms with Gasteiger partial charge in [0.05, 0.1) is 24.2 Å². The summed E-state index contributed by atoms with van der Waals surface area (Å²) in [5, 5.41) is 9.29. The number of benzene rings is 1. The van der Waals surface area contributed by atoms with Crippen LogP contribution < -0.4 is 0 Å². The molecule has 3 atom stereocenters. The molecule has 2 aliphatic heterocycles. The van der Waals surface area contributed by atoms with Crippen LogP contribution in [-0.4, -0.2) is 49.1 Å². The van der Waals surface area contributed by atoms with Gasteiger partial charge in [0.2, 0.25) is 10.0 Å². The number of fused-ring (bicyclic) bond motifs is 1. The number of aliphatic carboxylic acids is 1. The molecular weight excluding hydrogens is 301 g/mol. The van der Waals surface area contributed by atoms with Crippen LogP contribution in [0.2, 0.25) is 0 Å². The molecule has 1 N–H and O–H groups in total. The molecule has 0 aliphatic carbocycles. The lowest BCUT2D eigenvalue weighted by atomic mass is 10.0. The van der Waals surface area contributed by atoms with Gasteiger partial charge in [-0.1, -0.05) is 0 Å². The summed E-state index contributed by atoms with van der Waals surface area (Å²) in [6.45, 7) is 0.554. The Hall–Kier alpha value is -1.51. The third kappa shape index (κ3) is 2.33. The van der Waals surface area contributed by atoms with Crippen molar-refractivity contribution in [3.63, 3.8) is 0 Å². The monoisotopic (exact) mass is 315 g/mol. The van der Waals surface area contributed by atoms with Crippen molar-refractivity contribution in [3.05, 3.63) is 30.1 Å². The van der Waals surface area contributed by atoms with E-state index in [9.17, 15) is 22.7 Å². The lowest BCUT2D eigenvalue weighted by Gasteiger charge is -2.26. The first-order valence-electron chi connectivity index (χ1n) is 6.51. The second kappa shape index (κ2) is 5.04. The highest BCUT2D eigenvalue weighted by Gasteiger charge is 2.53. The first kappa shape index (κ1) is 14.4. The standard InChI is InChI=1S/C13H14FNO5S/c14-9-1-3-10(4-2-9)21(18,19)15-11(13(16)17)5-8-6-20-7-12(8)15/h1-4,8,11-12H,5-7H2,(H,16,17)/t8-,11+,12+/m1/s1. The number of carboxylic acid groups (broad SMARTS) is 1. The minimum absolute atomic E-state index is 0.109. The van der Waals surface area contributed by atoms with Gasteiger partial charge in [0, 0.05) is 5.92 Å². The molecule has 1 aromatic carbocycles. The van der Waals surface area contributed by atoms with E-state index in [1.165, 1.54) is 0 Å². The Kier molecular flexibility index (Phi) is 3.46. The van der Waals surface area contributed by atoms with Crippen molar-refractivity contribution in [1.29, 1.82) is 0 Å². The second-order valence-corrected chi connectivity index (χ2v) is 7.09. The second-order valence-electron chi connectivity index (χ2n) is 5.24. The molecule has 8 heteroatoms. The van der Waals surface area contributed by atoms with Crippen molar-refractivity contribution in [2.24, 2.45) is 5.92 Å². The third-order valence-corrected chi connectivity index (χ3v) is 5.95. The van der Waals surface area contributed by atoms with E-state index in [0.29, 0.717) is 6.61 Å². The molecule has 2 fully saturated rings. The molecule has 114 valence electrons. The van der Waals surface area contributed by atoms with Gasteiger partial charge in [-0.05, 0) is 30.7 Å². The maximum atomic E-state index is 12.9. The van der Waals surface area contributed by atoms with E-state index >= 15 is 0 Å². The van der Waals surface area contributed by atoms with E-state index < -0.39 is 33.9 Å². The van der Waals surface area contributed by atoms with Crippen LogP contribution in [0.1, 0.15) is 6.42 Å². The number of carboxylic acids is 1. The van der Waals surface area contributed by atoms with Crippen LogP contribution in [0.25, 0.3) is 0 Å². The van der Waals surface area contributed by atoms with Crippen LogP contribution in [0.4, 0.5) is 4.39 Å². The number of hydrogen-bond acceptors (Lipinski definition) is 4. The Morgan fingerprint density at radius 2 is 1.95 bits per heavy atom. The maximum absolute atomic E-state index is 12.9. The Balaban J connectivity index is 2.02. The highest BCUT2D eigenvalue weighted by molar-refractivity contribution is 7.89. The minimum Gasteiger partial charge on any atom is -0.480 e. The van der Waals surface area contributed by atoms with Crippen LogP contribution in [0.5, 0.6) is 0 Å². The fourth-order valence-electron chi connectivity index (χ4n) is 3.00. The molecule has 2 heterocycles. The fraction of sp³-hybridized carbons (Fsp3) is 0.462. The van der Waals surface area contributed by atoms with E-state index in [0.717, 1.165) is 28.6 Å². The summed E-state index contributed by atoms with van der Waals surface area (Å²) in [6, 6.07) is 2.81. The molecule has 0 radical (unpaired) electrons. The molecule has 0 bridgehead atoms. The molecule has 0 amide bonds. The SMILES string of the molecule is O=C(O)[C@@H]1C[C@@H]2COC[C@@H]2N1S(=O)(=O)c1ccc(F)cc1. The van der Waals surface area contributed by atoms with Gasteiger partial charge < -0.3 is 9.84 Å². The highest BCUT2D eigenvalue weighted by atomic mass is 32.2. The van der Waals surface area contributed by atoms with Gasteiger partial charge in [0.1, 0.15) is 11.9 Å². The maximum Gasteiger partial charge on any atom is 0.322 e. The van der Waals surface area contributed by atoms with Crippen LogP contribution >= 0.6 is 0 Å². The molecule has 21 heavy (non-hydrogen) atoms. The molecular formula is C13H14FNO5S. The van der Waals surface area contributed by atoms with Gasteiger partial charge in [0.25, 0.3) is 0 Å². The number of ether oxygens (including phenoxy) is 1. The average Bonchev–Trinajstić information content (AvgIpc) is 2.98. The van der Waals surface area contributed by atoms with Crippen molar-refractivity contribution in [1.82, 2.24) is 4.31 Å². The quantitative estimate of drug-likeness (QED) is 0.887.